The van der Waals surface area contributed by atoms with E-state index in [2.05, 4.69) is 22.2 Å². The van der Waals surface area contributed by atoms with Gasteiger partial charge in [0, 0.05) is 24.7 Å². The topological polar surface area (TPSA) is 78.1 Å². The Morgan fingerprint density at radius 2 is 2.43 bits per heavy atom. The smallest absolute Gasteiger partial charge is 0.237 e. The maximum Gasteiger partial charge on any atom is 0.237 e. The highest BCUT2D eigenvalue weighted by atomic mass is 35.5. The van der Waals surface area contributed by atoms with E-state index in [0.717, 1.165) is 22.2 Å². The maximum atomic E-state index is 11.8. The van der Waals surface area contributed by atoms with Crippen molar-refractivity contribution >= 4 is 46.3 Å². The van der Waals surface area contributed by atoms with Crippen LogP contribution in [-0.4, -0.2) is 46.2 Å². The predicted octanol–water partition coefficient (Wildman–Crippen LogP) is 2.23. The molecule has 0 fully saturated rings. The van der Waals surface area contributed by atoms with Crippen LogP contribution in [0.4, 0.5) is 5.82 Å². The summed E-state index contributed by atoms with van der Waals surface area (Å²) in [7, 11) is 0. The number of amides is 2. The second-order valence-electron chi connectivity index (χ2n) is 5.55. The Bertz CT molecular complexity index is 783. The molecule has 7 heteroatoms. The molecule has 0 aromatic carbocycles. The molecule has 23 heavy (non-hydrogen) atoms. The Hall–Kier alpha value is -2.34. The van der Waals surface area contributed by atoms with Gasteiger partial charge in [0.2, 0.25) is 12.3 Å². The van der Waals surface area contributed by atoms with Gasteiger partial charge in [0.05, 0.1) is 0 Å². The molecular formula is C16H17ClN4O2. The molecule has 0 saturated carbocycles. The van der Waals surface area contributed by atoms with Crippen molar-refractivity contribution in [3.63, 3.8) is 0 Å². The number of nitrogens with one attached hydrogen (secondary N) is 2. The number of H-pyrrole nitrogens is 1. The van der Waals surface area contributed by atoms with Gasteiger partial charge in [0.25, 0.3) is 0 Å². The van der Waals surface area contributed by atoms with Crippen LogP contribution in [0.15, 0.2) is 24.4 Å². The molecule has 1 unspecified atom stereocenters. The first-order valence-electron chi connectivity index (χ1n) is 7.36. The highest BCUT2D eigenvalue weighted by Gasteiger charge is 2.24. The van der Waals surface area contributed by atoms with E-state index in [4.69, 9.17) is 11.6 Å². The number of rotatable bonds is 4. The Balaban J connectivity index is 2.02. The minimum atomic E-state index is -0.0568. The van der Waals surface area contributed by atoms with Crippen LogP contribution in [0, 0.1) is 5.92 Å². The Labute approximate surface area is 138 Å². The third-order valence-electron chi connectivity index (χ3n) is 4.07. The third kappa shape index (κ3) is 2.94. The van der Waals surface area contributed by atoms with Crippen molar-refractivity contribution < 1.29 is 9.59 Å². The summed E-state index contributed by atoms with van der Waals surface area (Å²) >= 11 is 5.64. The normalized spacial score (nSPS) is 17.9. The number of aromatic amines is 1. The molecular weight excluding hydrogens is 316 g/mol. The van der Waals surface area contributed by atoms with Crippen molar-refractivity contribution in [1.82, 2.24) is 14.9 Å². The van der Waals surface area contributed by atoms with Crippen LogP contribution in [0.1, 0.15) is 12.5 Å². The molecule has 2 amide bonds. The van der Waals surface area contributed by atoms with Gasteiger partial charge in [-0.2, -0.15) is 0 Å². The third-order valence-corrected chi connectivity index (χ3v) is 4.30. The Morgan fingerprint density at radius 1 is 1.61 bits per heavy atom. The Kier molecular flexibility index (Phi) is 4.34. The molecule has 0 radical (unpaired) electrons. The maximum absolute atomic E-state index is 11.8. The van der Waals surface area contributed by atoms with E-state index in [-0.39, 0.29) is 17.7 Å². The van der Waals surface area contributed by atoms with Gasteiger partial charge in [-0.05, 0) is 29.2 Å². The lowest BCUT2D eigenvalue weighted by Gasteiger charge is -2.31. The summed E-state index contributed by atoms with van der Waals surface area (Å²) in [6.45, 7) is 3.24. The lowest BCUT2D eigenvalue weighted by atomic mass is 9.89. The molecule has 0 saturated heterocycles. The molecule has 3 heterocycles. The molecule has 6 nitrogen and oxygen atoms in total. The van der Waals surface area contributed by atoms with Gasteiger partial charge < -0.3 is 15.2 Å². The van der Waals surface area contributed by atoms with E-state index in [0.29, 0.717) is 25.3 Å². The number of fused-ring (bicyclic) bond motifs is 1. The second-order valence-corrected chi connectivity index (χ2v) is 5.82. The van der Waals surface area contributed by atoms with Crippen LogP contribution in [0.3, 0.4) is 0 Å². The number of carbonyl (C=O) groups is 2. The number of alkyl halides is 1. The summed E-state index contributed by atoms with van der Waals surface area (Å²) in [4.78, 5) is 31.7. The first-order chi connectivity index (χ1) is 11.1. The first kappa shape index (κ1) is 15.6. The number of hydrogen-bond donors (Lipinski definition) is 2. The zero-order chi connectivity index (χ0) is 16.4. The van der Waals surface area contributed by atoms with Crippen molar-refractivity contribution in [3.8, 4) is 0 Å². The van der Waals surface area contributed by atoms with E-state index in [1.165, 1.54) is 0 Å². The van der Waals surface area contributed by atoms with Crippen LogP contribution in [-0.2, 0) is 9.59 Å². The molecule has 2 N–H and O–H groups in total. The molecule has 1 aliphatic heterocycles. The lowest BCUT2D eigenvalue weighted by molar-refractivity contribution is -0.128. The van der Waals surface area contributed by atoms with Crippen LogP contribution in [0.5, 0.6) is 0 Å². The molecule has 2 aromatic heterocycles. The molecule has 1 aliphatic rings. The van der Waals surface area contributed by atoms with Gasteiger partial charge in [-0.1, -0.05) is 13.0 Å². The molecule has 2 aromatic rings. The standard InChI is InChI=1S/C16H17ClN4O2/c1-10-8-21(15(23)7-17)5-3-11(10)13-6-14(19-9-22)20-16-12(13)2-4-18-16/h2-4,6,9-10H,5,7-8H2,1H3,(H2,18,19,20,22). The van der Waals surface area contributed by atoms with Crippen LogP contribution >= 0.6 is 11.6 Å². The van der Waals surface area contributed by atoms with Crippen molar-refractivity contribution in [3.05, 3.63) is 30.0 Å². The monoisotopic (exact) mass is 332 g/mol. The van der Waals surface area contributed by atoms with Gasteiger partial charge in [0.15, 0.2) is 0 Å². The van der Waals surface area contributed by atoms with E-state index < -0.39 is 0 Å². The predicted molar refractivity (Wildman–Crippen MR) is 90.2 cm³/mol. The first-order valence-corrected chi connectivity index (χ1v) is 7.90. The molecule has 120 valence electrons. The van der Waals surface area contributed by atoms with Gasteiger partial charge in [0.1, 0.15) is 17.3 Å². The van der Waals surface area contributed by atoms with E-state index >= 15 is 0 Å². The number of nitrogens with zero attached hydrogens (tertiary/aromatic N) is 2. The molecule has 1 atom stereocenters. The summed E-state index contributed by atoms with van der Waals surface area (Å²) in [5.41, 5.74) is 2.88. The number of anilines is 1. The summed E-state index contributed by atoms with van der Waals surface area (Å²) < 4.78 is 0. The zero-order valence-electron chi connectivity index (χ0n) is 12.7. The van der Waals surface area contributed by atoms with Crippen molar-refractivity contribution in [2.24, 2.45) is 5.92 Å². The summed E-state index contributed by atoms with van der Waals surface area (Å²) in [6.07, 6.45) is 4.48. The van der Waals surface area contributed by atoms with Crippen molar-refractivity contribution in [1.29, 1.82) is 0 Å². The van der Waals surface area contributed by atoms with Gasteiger partial charge in [-0.3, -0.25) is 9.59 Å². The molecule has 0 bridgehead atoms. The minimum absolute atomic E-state index is 0.000604. The van der Waals surface area contributed by atoms with Gasteiger partial charge in [-0.15, -0.1) is 11.6 Å². The number of carbonyl (C=O) groups excluding carboxylic acids is 2. The molecule has 0 spiro atoms. The van der Waals surface area contributed by atoms with Crippen LogP contribution < -0.4 is 5.32 Å². The largest absolute Gasteiger partial charge is 0.346 e. The quantitative estimate of drug-likeness (QED) is 0.665. The average Bonchev–Trinajstić information content (AvgIpc) is 3.02. The molecule has 0 aliphatic carbocycles. The fourth-order valence-electron chi connectivity index (χ4n) is 2.99. The fourth-order valence-corrected chi connectivity index (χ4v) is 3.16. The average molecular weight is 333 g/mol. The number of aromatic nitrogens is 2. The zero-order valence-corrected chi connectivity index (χ0v) is 13.4. The van der Waals surface area contributed by atoms with E-state index in [1.807, 2.05) is 24.4 Å². The van der Waals surface area contributed by atoms with Crippen molar-refractivity contribution in [2.75, 3.05) is 24.3 Å². The highest BCUT2D eigenvalue weighted by Crippen LogP contribution is 2.33. The second kappa shape index (κ2) is 6.42. The highest BCUT2D eigenvalue weighted by molar-refractivity contribution is 6.27. The van der Waals surface area contributed by atoms with Crippen molar-refractivity contribution in [2.45, 2.75) is 6.92 Å². The number of hydrogen-bond acceptors (Lipinski definition) is 3. The number of pyridine rings is 1. The summed E-state index contributed by atoms with van der Waals surface area (Å²) in [5, 5.41) is 3.60. The fraction of sp³-hybridized carbons (Fsp3) is 0.312. The molecule has 3 rings (SSSR count). The van der Waals surface area contributed by atoms with Crippen LogP contribution in [0.2, 0.25) is 0 Å². The van der Waals surface area contributed by atoms with E-state index in [9.17, 15) is 9.59 Å². The summed E-state index contributed by atoms with van der Waals surface area (Å²) in [5.74, 6) is 0.608. The van der Waals surface area contributed by atoms with E-state index in [1.54, 1.807) is 4.90 Å². The van der Waals surface area contributed by atoms with Gasteiger partial charge >= 0.3 is 0 Å². The lowest BCUT2D eigenvalue weighted by Crippen LogP contribution is -2.38. The summed E-state index contributed by atoms with van der Waals surface area (Å²) in [6, 6.07) is 3.83. The SMILES string of the molecule is CC1CN(C(=O)CCl)CC=C1c1cc(NC=O)nc2[nH]ccc12. The Morgan fingerprint density at radius 3 is 3.13 bits per heavy atom. The van der Waals surface area contributed by atoms with Gasteiger partial charge in [-0.25, -0.2) is 4.98 Å². The number of halogens is 1. The minimum Gasteiger partial charge on any atom is -0.346 e. The van der Waals surface area contributed by atoms with Crippen LogP contribution in [0.25, 0.3) is 16.6 Å².